The lowest BCUT2D eigenvalue weighted by molar-refractivity contribution is -0.143. The first-order chi connectivity index (χ1) is 14.5. The van der Waals surface area contributed by atoms with E-state index in [0.29, 0.717) is 22.0 Å². The van der Waals surface area contributed by atoms with E-state index in [9.17, 15) is 14.0 Å². The molecule has 5 nitrogen and oxygen atoms in total. The van der Waals surface area contributed by atoms with Gasteiger partial charge in [-0.05, 0) is 57.0 Å². The number of hydrogen-bond acceptors (Lipinski definition) is 3. The average Bonchev–Trinajstić information content (AvgIpc) is 2.68. The number of hydrogen-bond donors (Lipinski definition) is 1. The molecule has 2 aromatic carbocycles. The zero-order chi connectivity index (χ0) is 23.2. The molecule has 0 radical (unpaired) electrons. The minimum Gasteiger partial charge on any atom is -0.481 e. The van der Waals surface area contributed by atoms with Gasteiger partial charge in [-0.2, -0.15) is 0 Å². The predicted octanol–water partition coefficient (Wildman–Crippen LogP) is 5.23. The fraction of sp³-hybridized carbons (Fsp3) is 0.391. The molecular weight excluding hydrogens is 442 g/mol. The number of carbonyl (C=O) groups excluding carboxylic acids is 2. The van der Waals surface area contributed by atoms with E-state index in [1.165, 1.54) is 23.1 Å². The highest BCUT2D eigenvalue weighted by Gasteiger charge is 2.31. The lowest BCUT2D eigenvalue weighted by Gasteiger charge is -2.33. The van der Waals surface area contributed by atoms with Crippen molar-refractivity contribution in [2.45, 2.75) is 52.2 Å². The summed E-state index contributed by atoms with van der Waals surface area (Å²) in [7, 11) is 0. The van der Waals surface area contributed by atoms with Gasteiger partial charge in [-0.15, -0.1) is 0 Å². The monoisotopic (exact) mass is 468 g/mol. The molecule has 0 aliphatic carbocycles. The van der Waals surface area contributed by atoms with Crippen LogP contribution < -0.4 is 10.1 Å². The van der Waals surface area contributed by atoms with Crippen molar-refractivity contribution in [1.29, 1.82) is 0 Å². The quantitative estimate of drug-likeness (QED) is 0.576. The Kier molecular flexibility index (Phi) is 8.71. The van der Waals surface area contributed by atoms with Gasteiger partial charge in [-0.1, -0.05) is 48.3 Å². The molecule has 0 aliphatic heterocycles. The van der Waals surface area contributed by atoms with Crippen molar-refractivity contribution in [3.63, 3.8) is 0 Å². The SMILES string of the molecule is CCC(C(=O)NC(C)(C)C)N(Cc1ccc(Cl)c(Cl)c1)C(=O)COc1ccccc1F. The van der Waals surface area contributed by atoms with Crippen molar-refractivity contribution >= 4 is 35.0 Å². The van der Waals surface area contributed by atoms with E-state index >= 15 is 0 Å². The summed E-state index contributed by atoms with van der Waals surface area (Å²) in [5.41, 5.74) is 0.239. The molecule has 31 heavy (non-hydrogen) atoms. The molecule has 0 aromatic heterocycles. The van der Waals surface area contributed by atoms with Crippen molar-refractivity contribution in [1.82, 2.24) is 10.2 Å². The van der Waals surface area contributed by atoms with Gasteiger partial charge in [0, 0.05) is 12.1 Å². The Morgan fingerprint density at radius 1 is 1.13 bits per heavy atom. The van der Waals surface area contributed by atoms with Gasteiger partial charge in [0.05, 0.1) is 10.0 Å². The molecule has 8 heteroatoms. The number of carbonyl (C=O) groups is 2. The van der Waals surface area contributed by atoms with E-state index in [1.807, 2.05) is 27.7 Å². The largest absolute Gasteiger partial charge is 0.481 e. The van der Waals surface area contributed by atoms with Gasteiger partial charge < -0.3 is 15.0 Å². The summed E-state index contributed by atoms with van der Waals surface area (Å²) in [5.74, 6) is -1.33. The molecule has 0 heterocycles. The van der Waals surface area contributed by atoms with Gasteiger partial charge in [0.1, 0.15) is 6.04 Å². The van der Waals surface area contributed by atoms with Crippen LogP contribution in [0.2, 0.25) is 10.0 Å². The smallest absolute Gasteiger partial charge is 0.261 e. The Hall–Kier alpha value is -2.31. The maximum atomic E-state index is 13.9. The number of amides is 2. The maximum Gasteiger partial charge on any atom is 0.261 e. The van der Waals surface area contributed by atoms with Crippen LogP contribution in [-0.4, -0.2) is 34.9 Å². The van der Waals surface area contributed by atoms with Crippen LogP contribution in [0.5, 0.6) is 5.75 Å². The molecule has 2 amide bonds. The number of halogens is 3. The first kappa shape index (κ1) is 25.0. The Bertz CT molecular complexity index is 931. The highest BCUT2D eigenvalue weighted by atomic mass is 35.5. The third-order valence-electron chi connectivity index (χ3n) is 4.41. The van der Waals surface area contributed by atoms with Crippen LogP contribution in [0.3, 0.4) is 0 Å². The van der Waals surface area contributed by atoms with E-state index in [0.717, 1.165) is 0 Å². The van der Waals surface area contributed by atoms with E-state index < -0.39 is 29.9 Å². The molecule has 0 fully saturated rings. The second-order valence-electron chi connectivity index (χ2n) is 8.15. The summed E-state index contributed by atoms with van der Waals surface area (Å²) < 4.78 is 19.3. The first-order valence-electron chi connectivity index (χ1n) is 9.94. The molecule has 1 unspecified atom stereocenters. The summed E-state index contributed by atoms with van der Waals surface area (Å²) >= 11 is 12.1. The van der Waals surface area contributed by atoms with E-state index in [-0.39, 0.29) is 18.2 Å². The average molecular weight is 469 g/mol. The zero-order valence-electron chi connectivity index (χ0n) is 18.0. The van der Waals surface area contributed by atoms with Crippen molar-refractivity contribution in [3.05, 3.63) is 63.9 Å². The number of benzene rings is 2. The summed E-state index contributed by atoms with van der Waals surface area (Å²) in [6, 6.07) is 10.1. The topological polar surface area (TPSA) is 58.6 Å². The number of nitrogens with zero attached hydrogens (tertiary/aromatic N) is 1. The van der Waals surface area contributed by atoms with Gasteiger partial charge >= 0.3 is 0 Å². The second kappa shape index (κ2) is 10.8. The van der Waals surface area contributed by atoms with E-state index in [1.54, 1.807) is 24.3 Å². The third-order valence-corrected chi connectivity index (χ3v) is 5.15. The van der Waals surface area contributed by atoms with Gasteiger partial charge in [-0.25, -0.2) is 4.39 Å². The summed E-state index contributed by atoms with van der Waals surface area (Å²) in [6.45, 7) is 7.12. The second-order valence-corrected chi connectivity index (χ2v) is 8.97. The zero-order valence-corrected chi connectivity index (χ0v) is 19.6. The highest BCUT2D eigenvalue weighted by molar-refractivity contribution is 6.42. The minimum absolute atomic E-state index is 0.0301. The molecule has 168 valence electrons. The number of para-hydroxylation sites is 1. The molecule has 0 spiro atoms. The molecule has 2 rings (SSSR count). The van der Waals surface area contributed by atoms with Crippen molar-refractivity contribution in [3.8, 4) is 5.75 Å². The molecule has 0 saturated carbocycles. The van der Waals surface area contributed by atoms with Crippen LogP contribution in [0.4, 0.5) is 4.39 Å². The fourth-order valence-corrected chi connectivity index (χ4v) is 3.31. The van der Waals surface area contributed by atoms with Crippen LogP contribution in [0.15, 0.2) is 42.5 Å². The van der Waals surface area contributed by atoms with Crippen LogP contribution in [0.25, 0.3) is 0 Å². The van der Waals surface area contributed by atoms with Crippen molar-refractivity contribution in [2.24, 2.45) is 0 Å². The molecule has 1 N–H and O–H groups in total. The Morgan fingerprint density at radius 3 is 2.39 bits per heavy atom. The van der Waals surface area contributed by atoms with Gasteiger partial charge in [0.25, 0.3) is 5.91 Å². The lowest BCUT2D eigenvalue weighted by atomic mass is 10.1. The minimum atomic E-state index is -0.745. The van der Waals surface area contributed by atoms with Crippen molar-refractivity contribution < 1.29 is 18.7 Å². The summed E-state index contributed by atoms with van der Waals surface area (Å²) in [6.07, 6.45) is 0.384. The highest BCUT2D eigenvalue weighted by Crippen LogP contribution is 2.24. The molecule has 0 bridgehead atoms. The van der Waals surface area contributed by atoms with Gasteiger partial charge in [-0.3, -0.25) is 9.59 Å². The maximum absolute atomic E-state index is 13.9. The molecule has 1 atom stereocenters. The first-order valence-corrected chi connectivity index (χ1v) is 10.7. The molecule has 0 saturated heterocycles. The molecular formula is C23H27Cl2FN2O3. The Morgan fingerprint density at radius 2 is 1.81 bits per heavy atom. The van der Waals surface area contributed by atoms with Gasteiger partial charge in [0.2, 0.25) is 5.91 Å². The number of ether oxygens (including phenoxy) is 1. The van der Waals surface area contributed by atoms with Crippen LogP contribution >= 0.6 is 23.2 Å². The van der Waals surface area contributed by atoms with Crippen LogP contribution in [-0.2, 0) is 16.1 Å². The number of rotatable bonds is 8. The predicted molar refractivity (Wildman–Crippen MR) is 121 cm³/mol. The Balaban J connectivity index is 2.28. The third kappa shape index (κ3) is 7.40. The van der Waals surface area contributed by atoms with Crippen LogP contribution in [0, 0.1) is 5.82 Å². The summed E-state index contributed by atoms with van der Waals surface area (Å²) in [4.78, 5) is 27.4. The molecule has 2 aromatic rings. The normalized spacial score (nSPS) is 12.2. The van der Waals surface area contributed by atoms with E-state index in [2.05, 4.69) is 5.32 Å². The lowest BCUT2D eigenvalue weighted by Crippen LogP contribution is -2.54. The molecule has 0 aliphatic rings. The van der Waals surface area contributed by atoms with E-state index in [4.69, 9.17) is 27.9 Å². The summed E-state index contributed by atoms with van der Waals surface area (Å²) in [5, 5.41) is 3.65. The number of nitrogens with one attached hydrogen (secondary N) is 1. The standard InChI is InChI=1S/C23H27Cl2FN2O3/c1-5-19(22(30)27-23(2,3)4)28(13-15-10-11-16(24)17(25)12-15)21(29)14-31-20-9-7-6-8-18(20)26/h6-12,19H,5,13-14H2,1-4H3,(H,27,30). The Labute approximate surface area is 192 Å². The van der Waals surface area contributed by atoms with Gasteiger partial charge in [0.15, 0.2) is 18.2 Å². The van der Waals surface area contributed by atoms with Crippen molar-refractivity contribution in [2.75, 3.05) is 6.61 Å². The fourth-order valence-electron chi connectivity index (χ4n) is 2.99. The van der Waals surface area contributed by atoms with Crippen LogP contribution in [0.1, 0.15) is 39.7 Å².